The zero-order valence-corrected chi connectivity index (χ0v) is 17.6. The van der Waals surface area contributed by atoms with Crippen LogP contribution in [0.3, 0.4) is 0 Å². The molecule has 4 rings (SSSR count). The summed E-state index contributed by atoms with van der Waals surface area (Å²) in [6.07, 6.45) is 0. The van der Waals surface area contributed by atoms with E-state index in [0.29, 0.717) is 16.2 Å². The number of amides is 1. The molecule has 1 amide bonds. The minimum absolute atomic E-state index is 0.155. The molecule has 6 nitrogen and oxygen atoms in total. The lowest BCUT2D eigenvalue weighted by Gasteiger charge is -1.99. The lowest BCUT2D eigenvalue weighted by molar-refractivity contribution is -0.113. The maximum Gasteiger partial charge on any atom is 0.277 e. The number of nitrogens with one attached hydrogen (secondary N) is 1. The van der Waals surface area contributed by atoms with Gasteiger partial charge in [0, 0.05) is 21.0 Å². The van der Waals surface area contributed by atoms with E-state index in [1.165, 1.54) is 23.1 Å². The van der Waals surface area contributed by atoms with Crippen molar-refractivity contribution in [1.29, 1.82) is 0 Å². The summed E-state index contributed by atoms with van der Waals surface area (Å²) in [6.45, 7) is 0. The number of thioether (sulfide) groups is 1. The first kappa shape index (κ1) is 18.9. The largest absolute Gasteiger partial charge is 0.411 e. The molecule has 0 radical (unpaired) electrons. The van der Waals surface area contributed by atoms with Gasteiger partial charge in [-0.25, -0.2) is 4.98 Å². The molecule has 0 aliphatic heterocycles. The molecule has 0 saturated carbocycles. The van der Waals surface area contributed by atoms with E-state index in [-0.39, 0.29) is 11.7 Å². The van der Waals surface area contributed by atoms with Gasteiger partial charge in [-0.05, 0) is 24.3 Å². The van der Waals surface area contributed by atoms with Crippen molar-refractivity contribution in [3.05, 3.63) is 64.5 Å². The van der Waals surface area contributed by atoms with E-state index in [2.05, 4.69) is 36.4 Å². The predicted octanol–water partition coefficient (Wildman–Crippen LogP) is 5.35. The van der Waals surface area contributed by atoms with Crippen LogP contribution < -0.4 is 5.32 Å². The van der Waals surface area contributed by atoms with Gasteiger partial charge in [0.25, 0.3) is 5.22 Å². The molecule has 0 unspecified atom stereocenters. The maximum absolute atomic E-state index is 12.2. The van der Waals surface area contributed by atoms with Crippen LogP contribution in [0.2, 0.25) is 0 Å². The maximum atomic E-state index is 12.2. The molecule has 0 saturated heterocycles. The lowest BCUT2D eigenvalue weighted by atomic mass is 10.2. The van der Waals surface area contributed by atoms with Crippen LogP contribution in [0, 0.1) is 0 Å². The van der Waals surface area contributed by atoms with E-state index in [1.54, 1.807) is 0 Å². The third-order valence-corrected chi connectivity index (χ3v) is 5.75. The molecule has 2 aromatic heterocycles. The summed E-state index contributed by atoms with van der Waals surface area (Å²) in [5.74, 6) is 0.396. The molecule has 4 aromatic rings. The molecule has 0 bridgehead atoms. The fourth-order valence-corrected chi connectivity index (χ4v) is 3.90. The number of carbonyl (C=O) groups excluding carboxylic acids is 1. The van der Waals surface area contributed by atoms with Gasteiger partial charge in [0.2, 0.25) is 11.8 Å². The van der Waals surface area contributed by atoms with Crippen molar-refractivity contribution < 1.29 is 9.21 Å². The first-order chi connectivity index (χ1) is 13.7. The predicted molar refractivity (Wildman–Crippen MR) is 114 cm³/mol. The standard InChI is InChI=1S/C19H13BrN4O2S2/c20-14-8-6-13(7-9-14)17-23-24-19(26-17)28-11-16(25)22-18-21-15(10-27-18)12-4-2-1-3-5-12/h1-10H,11H2,(H,21,22,25). The Morgan fingerprint density at radius 3 is 2.64 bits per heavy atom. The molecule has 140 valence electrons. The second kappa shape index (κ2) is 8.68. The van der Waals surface area contributed by atoms with Crippen molar-refractivity contribution in [1.82, 2.24) is 15.2 Å². The van der Waals surface area contributed by atoms with Crippen LogP contribution in [0.25, 0.3) is 22.7 Å². The topological polar surface area (TPSA) is 80.9 Å². The highest BCUT2D eigenvalue weighted by Crippen LogP contribution is 2.26. The molecule has 0 fully saturated rings. The van der Waals surface area contributed by atoms with Crippen LogP contribution in [0.15, 0.2) is 74.1 Å². The third-order valence-electron chi connectivity index (χ3n) is 3.64. The van der Waals surface area contributed by atoms with Gasteiger partial charge in [-0.2, -0.15) is 0 Å². The molecule has 9 heteroatoms. The van der Waals surface area contributed by atoms with Gasteiger partial charge in [0.05, 0.1) is 11.4 Å². The Labute approximate surface area is 177 Å². The summed E-state index contributed by atoms with van der Waals surface area (Å²) in [6, 6.07) is 17.4. The van der Waals surface area contributed by atoms with Crippen molar-refractivity contribution in [3.63, 3.8) is 0 Å². The molecular weight excluding hydrogens is 460 g/mol. The number of benzene rings is 2. The van der Waals surface area contributed by atoms with Crippen LogP contribution in [-0.2, 0) is 4.79 Å². The highest BCUT2D eigenvalue weighted by molar-refractivity contribution is 9.10. The number of rotatable bonds is 6. The summed E-state index contributed by atoms with van der Waals surface area (Å²) < 4.78 is 6.58. The molecular formula is C19H13BrN4O2S2. The highest BCUT2D eigenvalue weighted by atomic mass is 79.9. The van der Waals surface area contributed by atoms with Crippen LogP contribution in [0.4, 0.5) is 5.13 Å². The lowest BCUT2D eigenvalue weighted by Crippen LogP contribution is -2.13. The molecule has 2 heterocycles. The number of hydrogen-bond donors (Lipinski definition) is 1. The Morgan fingerprint density at radius 2 is 1.86 bits per heavy atom. The summed E-state index contributed by atoms with van der Waals surface area (Å²) in [7, 11) is 0. The van der Waals surface area contributed by atoms with E-state index < -0.39 is 0 Å². The van der Waals surface area contributed by atoms with E-state index in [1.807, 2.05) is 60.0 Å². The highest BCUT2D eigenvalue weighted by Gasteiger charge is 2.13. The number of aromatic nitrogens is 3. The quantitative estimate of drug-likeness (QED) is 0.380. The Morgan fingerprint density at radius 1 is 1.07 bits per heavy atom. The van der Waals surface area contributed by atoms with Crippen LogP contribution in [0.1, 0.15) is 0 Å². The normalized spacial score (nSPS) is 10.8. The van der Waals surface area contributed by atoms with Crippen molar-refractivity contribution in [2.45, 2.75) is 5.22 Å². The van der Waals surface area contributed by atoms with E-state index >= 15 is 0 Å². The second-order valence-electron chi connectivity index (χ2n) is 5.62. The average Bonchev–Trinajstić information content (AvgIpc) is 3.37. The first-order valence-corrected chi connectivity index (χ1v) is 10.9. The van der Waals surface area contributed by atoms with Gasteiger partial charge in [0.1, 0.15) is 0 Å². The number of nitrogens with zero attached hydrogens (tertiary/aromatic N) is 3. The molecule has 2 aromatic carbocycles. The summed E-state index contributed by atoms with van der Waals surface area (Å²) in [5.41, 5.74) is 2.67. The molecule has 0 spiro atoms. The number of carbonyl (C=O) groups is 1. The van der Waals surface area contributed by atoms with Crippen molar-refractivity contribution in [3.8, 4) is 22.7 Å². The van der Waals surface area contributed by atoms with Gasteiger partial charge in [0.15, 0.2) is 5.13 Å². The Kier molecular flexibility index (Phi) is 5.84. The minimum atomic E-state index is -0.178. The Balaban J connectivity index is 1.33. The van der Waals surface area contributed by atoms with Crippen molar-refractivity contribution in [2.75, 3.05) is 11.1 Å². The fourth-order valence-electron chi connectivity index (χ4n) is 2.33. The van der Waals surface area contributed by atoms with Crippen LogP contribution >= 0.6 is 39.0 Å². The van der Waals surface area contributed by atoms with E-state index in [4.69, 9.17) is 4.42 Å². The van der Waals surface area contributed by atoms with Crippen LogP contribution in [0.5, 0.6) is 0 Å². The summed E-state index contributed by atoms with van der Waals surface area (Å²) in [5, 5.41) is 13.6. The van der Waals surface area contributed by atoms with E-state index in [9.17, 15) is 4.79 Å². The SMILES string of the molecule is O=C(CSc1nnc(-c2ccc(Br)cc2)o1)Nc1nc(-c2ccccc2)cs1. The van der Waals surface area contributed by atoms with Gasteiger partial charge >= 0.3 is 0 Å². The Hall–Kier alpha value is -2.49. The first-order valence-electron chi connectivity index (χ1n) is 8.20. The van der Waals surface area contributed by atoms with Crippen LogP contribution in [-0.4, -0.2) is 26.8 Å². The smallest absolute Gasteiger partial charge is 0.277 e. The average molecular weight is 473 g/mol. The number of halogens is 1. The number of anilines is 1. The van der Waals surface area contributed by atoms with E-state index in [0.717, 1.165) is 21.3 Å². The minimum Gasteiger partial charge on any atom is -0.411 e. The zero-order chi connectivity index (χ0) is 19.3. The van der Waals surface area contributed by atoms with Gasteiger partial charge < -0.3 is 9.73 Å². The molecule has 0 aliphatic carbocycles. The number of hydrogen-bond acceptors (Lipinski definition) is 7. The molecule has 0 atom stereocenters. The van der Waals surface area contributed by atoms with Crippen molar-refractivity contribution in [2.24, 2.45) is 0 Å². The van der Waals surface area contributed by atoms with Gasteiger partial charge in [-0.15, -0.1) is 21.5 Å². The monoisotopic (exact) mass is 472 g/mol. The zero-order valence-electron chi connectivity index (χ0n) is 14.3. The summed E-state index contributed by atoms with van der Waals surface area (Å²) >= 11 is 5.96. The van der Waals surface area contributed by atoms with Gasteiger partial charge in [-0.1, -0.05) is 58.0 Å². The number of thiazole rings is 1. The summed E-state index contributed by atoms with van der Waals surface area (Å²) in [4.78, 5) is 16.6. The molecule has 0 aliphatic rings. The Bertz CT molecular complexity index is 1080. The molecule has 1 N–H and O–H groups in total. The van der Waals surface area contributed by atoms with Crippen molar-refractivity contribution >= 4 is 50.1 Å². The fraction of sp³-hybridized carbons (Fsp3) is 0.0526. The second-order valence-corrected chi connectivity index (χ2v) is 8.32. The molecule has 28 heavy (non-hydrogen) atoms. The third kappa shape index (κ3) is 4.67. The van der Waals surface area contributed by atoms with Gasteiger partial charge in [-0.3, -0.25) is 4.79 Å².